The molecule has 0 unspecified atom stereocenters. The Hall–Kier alpha value is -1.33. The van der Waals surface area contributed by atoms with Crippen LogP contribution in [0.15, 0.2) is 0 Å². The number of hydrogen-bond donors (Lipinski definition) is 1. The van der Waals surface area contributed by atoms with Gasteiger partial charge in [-0.1, -0.05) is 0 Å². The molecule has 0 bridgehead atoms. The third-order valence-corrected chi connectivity index (χ3v) is 0.818. The van der Waals surface area contributed by atoms with Gasteiger partial charge in [0.15, 0.2) is 0 Å². The second-order valence-corrected chi connectivity index (χ2v) is 2.13. The summed E-state index contributed by atoms with van der Waals surface area (Å²) < 4.78 is 0. The van der Waals surface area contributed by atoms with E-state index < -0.39 is 16.7 Å². The molecule has 1 N–H and O–H groups in total. The zero-order chi connectivity index (χ0) is 8.36. The minimum absolute atomic E-state index is 1.10. The molecule has 0 aliphatic carbocycles. The fourth-order valence-electron chi connectivity index (χ4n) is 0.225. The van der Waals surface area contributed by atoms with Gasteiger partial charge in [0.2, 0.25) is 5.60 Å². The van der Waals surface area contributed by atoms with Gasteiger partial charge in [-0.05, 0) is 13.8 Å². The van der Waals surface area contributed by atoms with Crippen LogP contribution in [0.2, 0.25) is 0 Å². The summed E-state index contributed by atoms with van der Waals surface area (Å²) in [5.41, 5.74) is -1.76. The molecule has 0 aromatic carbocycles. The maximum Gasteiger partial charge on any atom is 0.335 e. The number of hydrogen-bond acceptors (Lipinski definition) is 4. The predicted octanol–water partition coefficient (Wildman–Crippen LogP) is 0.0579. The Labute approximate surface area is 56.5 Å². The molecule has 58 valence electrons. The lowest BCUT2D eigenvalue weighted by atomic mass is 10.1. The number of carboxylic acids is 1. The molecule has 0 saturated heterocycles. The molecule has 0 spiro atoms. The molecule has 0 atom stereocenters. The second kappa shape index (κ2) is 2.51. The highest BCUT2D eigenvalue weighted by Crippen LogP contribution is 2.07. The van der Waals surface area contributed by atoms with Crippen LogP contribution in [0.4, 0.5) is 0 Å². The molecule has 0 saturated carbocycles. The van der Waals surface area contributed by atoms with Crippen molar-refractivity contribution < 1.29 is 19.8 Å². The van der Waals surface area contributed by atoms with E-state index in [2.05, 4.69) is 4.84 Å². The third kappa shape index (κ3) is 2.29. The molecule has 6 nitrogen and oxygen atoms in total. The van der Waals surface area contributed by atoms with Crippen LogP contribution in [-0.2, 0) is 9.63 Å². The summed E-state index contributed by atoms with van der Waals surface area (Å²) in [5.74, 6) is -1.37. The number of carbonyl (C=O) groups is 1. The SMILES string of the molecule is CC(C)(O[N+](=O)[O-])C(=O)O. The van der Waals surface area contributed by atoms with E-state index in [1.807, 2.05) is 0 Å². The summed E-state index contributed by atoms with van der Waals surface area (Å²) in [6.07, 6.45) is 0. The predicted molar refractivity (Wildman–Crippen MR) is 29.8 cm³/mol. The van der Waals surface area contributed by atoms with E-state index in [9.17, 15) is 14.9 Å². The first kappa shape index (κ1) is 8.67. The normalized spacial score (nSPS) is 10.6. The molecule has 0 aromatic heterocycles. The molecule has 0 fully saturated rings. The van der Waals surface area contributed by atoms with Crippen molar-refractivity contribution in [2.24, 2.45) is 0 Å². The highest BCUT2D eigenvalue weighted by Gasteiger charge is 2.31. The molecular weight excluding hydrogens is 142 g/mol. The van der Waals surface area contributed by atoms with Crippen LogP contribution in [0, 0.1) is 10.1 Å². The highest BCUT2D eigenvalue weighted by atomic mass is 17.0. The van der Waals surface area contributed by atoms with E-state index in [4.69, 9.17) is 5.11 Å². The fraction of sp³-hybridized carbons (Fsp3) is 0.750. The summed E-state index contributed by atoms with van der Waals surface area (Å²) in [5, 5.41) is 16.8. The molecule has 0 aliphatic heterocycles. The van der Waals surface area contributed by atoms with E-state index >= 15 is 0 Å². The standard InChI is InChI=1S/C4H7NO5/c1-4(2,3(6)7)10-5(8)9/h1-2H3,(H,6,7). The fourth-order valence-corrected chi connectivity index (χ4v) is 0.225. The van der Waals surface area contributed by atoms with Crippen molar-refractivity contribution in [2.75, 3.05) is 0 Å². The van der Waals surface area contributed by atoms with Gasteiger partial charge >= 0.3 is 5.97 Å². The zero-order valence-electron chi connectivity index (χ0n) is 5.53. The van der Waals surface area contributed by atoms with E-state index in [1.54, 1.807) is 0 Å². The summed E-state index contributed by atoms with van der Waals surface area (Å²) >= 11 is 0. The first-order chi connectivity index (χ1) is 4.36. The van der Waals surface area contributed by atoms with E-state index in [-0.39, 0.29) is 0 Å². The second-order valence-electron chi connectivity index (χ2n) is 2.13. The number of aliphatic carboxylic acids is 1. The highest BCUT2D eigenvalue weighted by molar-refractivity contribution is 5.76. The lowest BCUT2D eigenvalue weighted by molar-refractivity contribution is -0.774. The third-order valence-electron chi connectivity index (χ3n) is 0.818. The van der Waals surface area contributed by atoms with Gasteiger partial charge in [-0.25, -0.2) is 4.79 Å². The minimum atomic E-state index is -1.76. The first-order valence-electron chi connectivity index (χ1n) is 2.43. The summed E-state index contributed by atoms with van der Waals surface area (Å²) in [6.45, 7) is 2.19. The van der Waals surface area contributed by atoms with Gasteiger partial charge in [0.05, 0.1) is 0 Å². The smallest absolute Gasteiger partial charge is 0.335 e. The lowest BCUT2D eigenvalue weighted by Crippen LogP contribution is -2.36. The molecule has 0 heterocycles. The van der Waals surface area contributed by atoms with Crippen molar-refractivity contribution in [3.8, 4) is 0 Å². The maximum absolute atomic E-state index is 10.1. The van der Waals surface area contributed by atoms with Gasteiger partial charge < -0.3 is 5.11 Å². The van der Waals surface area contributed by atoms with E-state index in [0.29, 0.717) is 0 Å². The summed E-state index contributed by atoms with van der Waals surface area (Å²) in [6, 6.07) is 0. The van der Waals surface area contributed by atoms with Gasteiger partial charge in [-0.3, -0.25) is 4.84 Å². The van der Waals surface area contributed by atoms with Crippen LogP contribution >= 0.6 is 0 Å². The molecule has 0 radical (unpaired) electrons. The van der Waals surface area contributed by atoms with Crippen LogP contribution in [-0.4, -0.2) is 21.8 Å². The Balaban J connectivity index is 4.13. The van der Waals surface area contributed by atoms with Crippen molar-refractivity contribution in [3.63, 3.8) is 0 Å². The Bertz CT molecular complexity index is 163. The van der Waals surface area contributed by atoms with Crippen molar-refractivity contribution in [2.45, 2.75) is 19.4 Å². The Morgan fingerprint density at radius 1 is 1.70 bits per heavy atom. The molecule has 6 heteroatoms. The first-order valence-corrected chi connectivity index (χ1v) is 2.43. The average molecular weight is 149 g/mol. The van der Waals surface area contributed by atoms with Gasteiger partial charge in [0.1, 0.15) is 0 Å². The maximum atomic E-state index is 10.1. The minimum Gasteiger partial charge on any atom is -0.479 e. The topological polar surface area (TPSA) is 89.7 Å². The zero-order valence-corrected chi connectivity index (χ0v) is 5.53. The van der Waals surface area contributed by atoms with E-state index in [1.165, 1.54) is 0 Å². The molecular formula is C4H7NO5. The van der Waals surface area contributed by atoms with Crippen molar-refractivity contribution in [1.29, 1.82) is 0 Å². The average Bonchev–Trinajstić information content (AvgIpc) is 1.60. The number of rotatable bonds is 3. The van der Waals surface area contributed by atoms with Crippen LogP contribution < -0.4 is 0 Å². The summed E-state index contributed by atoms with van der Waals surface area (Å²) in [7, 11) is 0. The molecule has 0 rings (SSSR count). The Morgan fingerprint density at radius 3 is 2.20 bits per heavy atom. The Morgan fingerprint density at radius 2 is 2.10 bits per heavy atom. The van der Waals surface area contributed by atoms with Crippen LogP contribution in [0.5, 0.6) is 0 Å². The van der Waals surface area contributed by atoms with Crippen LogP contribution in [0.3, 0.4) is 0 Å². The van der Waals surface area contributed by atoms with Crippen molar-refractivity contribution >= 4 is 5.97 Å². The monoisotopic (exact) mass is 149 g/mol. The quantitative estimate of drug-likeness (QED) is 0.452. The van der Waals surface area contributed by atoms with Crippen LogP contribution in [0.25, 0.3) is 0 Å². The van der Waals surface area contributed by atoms with Gasteiger partial charge in [-0.2, -0.15) is 0 Å². The summed E-state index contributed by atoms with van der Waals surface area (Å²) in [4.78, 5) is 23.6. The molecule has 10 heavy (non-hydrogen) atoms. The molecule has 0 amide bonds. The lowest BCUT2D eigenvalue weighted by Gasteiger charge is -2.14. The van der Waals surface area contributed by atoms with Gasteiger partial charge in [0, 0.05) is 0 Å². The van der Waals surface area contributed by atoms with Gasteiger partial charge in [0.25, 0.3) is 5.09 Å². The number of carboxylic acid groups (broad SMARTS) is 1. The van der Waals surface area contributed by atoms with Gasteiger partial charge in [-0.15, -0.1) is 10.1 Å². The van der Waals surface area contributed by atoms with Crippen molar-refractivity contribution in [3.05, 3.63) is 10.1 Å². The largest absolute Gasteiger partial charge is 0.479 e. The van der Waals surface area contributed by atoms with E-state index in [0.717, 1.165) is 13.8 Å². The van der Waals surface area contributed by atoms with Crippen molar-refractivity contribution in [1.82, 2.24) is 0 Å². The molecule has 0 aliphatic rings. The Kier molecular flexibility index (Phi) is 2.17. The number of nitrogens with zero attached hydrogens (tertiary/aromatic N) is 1. The van der Waals surface area contributed by atoms with Crippen LogP contribution in [0.1, 0.15) is 13.8 Å². The molecule has 0 aromatic rings.